The molecular formula is C17H18N2OS. The van der Waals surface area contributed by atoms with Gasteiger partial charge in [0.2, 0.25) is 0 Å². The molecule has 0 bridgehead atoms. The van der Waals surface area contributed by atoms with Crippen LogP contribution in [0.3, 0.4) is 0 Å². The van der Waals surface area contributed by atoms with E-state index in [2.05, 4.69) is 18.0 Å². The summed E-state index contributed by atoms with van der Waals surface area (Å²) in [4.78, 5) is 4.36. The molecule has 108 valence electrons. The summed E-state index contributed by atoms with van der Waals surface area (Å²) in [6, 6.07) is 10.0. The van der Waals surface area contributed by atoms with Crippen LogP contribution in [0.25, 0.3) is 11.6 Å². The molecule has 0 aliphatic rings. The third kappa shape index (κ3) is 4.44. The Hall–Kier alpha value is -2.12. The minimum Gasteiger partial charge on any atom is -0.494 e. The van der Waals surface area contributed by atoms with Crippen LogP contribution in [0.4, 0.5) is 0 Å². The first-order chi connectivity index (χ1) is 10.2. The van der Waals surface area contributed by atoms with Crippen LogP contribution in [0.15, 0.2) is 29.6 Å². The topological polar surface area (TPSA) is 45.9 Å². The fourth-order valence-corrected chi connectivity index (χ4v) is 2.58. The van der Waals surface area contributed by atoms with Crippen LogP contribution >= 0.6 is 11.3 Å². The Morgan fingerprint density at radius 3 is 3.00 bits per heavy atom. The third-order valence-electron chi connectivity index (χ3n) is 2.91. The number of nitriles is 1. The highest BCUT2D eigenvalue weighted by Crippen LogP contribution is 2.23. The smallest absolute Gasteiger partial charge is 0.134 e. The second-order valence-corrected chi connectivity index (χ2v) is 5.60. The lowest BCUT2D eigenvalue weighted by Crippen LogP contribution is -1.96. The third-order valence-corrected chi connectivity index (χ3v) is 3.90. The molecule has 0 unspecified atom stereocenters. The molecule has 0 radical (unpaired) electrons. The Morgan fingerprint density at radius 2 is 2.33 bits per heavy atom. The number of aromatic nitrogens is 1. The second-order valence-electron chi connectivity index (χ2n) is 4.74. The number of thiazole rings is 1. The number of ether oxygens (including phenoxy) is 1. The van der Waals surface area contributed by atoms with Gasteiger partial charge in [-0.25, -0.2) is 4.98 Å². The fourth-order valence-electron chi connectivity index (χ4n) is 1.81. The summed E-state index contributed by atoms with van der Waals surface area (Å²) in [6.45, 7) is 4.79. The van der Waals surface area contributed by atoms with Crippen molar-refractivity contribution in [3.63, 3.8) is 0 Å². The van der Waals surface area contributed by atoms with E-state index in [0.717, 1.165) is 41.5 Å². The summed E-state index contributed by atoms with van der Waals surface area (Å²) in [5.74, 6) is 0.838. The molecule has 0 aliphatic heterocycles. The highest BCUT2D eigenvalue weighted by molar-refractivity contribution is 7.11. The van der Waals surface area contributed by atoms with Gasteiger partial charge in [0.25, 0.3) is 0 Å². The number of allylic oxidation sites excluding steroid dienone is 1. The van der Waals surface area contributed by atoms with Gasteiger partial charge in [-0.1, -0.05) is 25.5 Å². The van der Waals surface area contributed by atoms with Crippen LogP contribution in [0.5, 0.6) is 5.75 Å². The number of hydrogen-bond donors (Lipinski definition) is 0. The largest absolute Gasteiger partial charge is 0.494 e. The first-order valence-electron chi connectivity index (χ1n) is 7.00. The highest BCUT2D eigenvalue weighted by Gasteiger charge is 2.06. The summed E-state index contributed by atoms with van der Waals surface area (Å²) >= 11 is 1.49. The Bertz CT molecular complexity index is 667. The molecule has 0 N–H and O–H groups in total. The standard InChI is InChI=1S/C17H18N2OS/c1-3-4-8-20-16-7-5-6-14(10-16)9-15(11-18)17-19-13(2)12-21-17/h5-7,9-10,12H,3-4,8H2,1-2H3/b15-9-. The van der Waals surface area contributed by atoms with Gasteiger partial charge in [0.05, 0.1) is 12.2 Å². The lowest BCUT2D eigenvalue weighted by molar-refractivity contribution is 0.309. The van der Waals surface area contributed by atoms with Gasteiger partial charge in [-0.05, 0) is 37.1 Å². The molecule has 0 saturated heterocycles. The van der Waals surface area contributed by atoms with Gasteiger partial charge in [-0.2, -0.15) is 5.26 Å². The monoisotopic (exact) mass is 298 g/mol. The molecule has 0 saturated carbocycles. The van der Waals surface area contributed by atoms with E-state index in [9.17, 15) is 5.26 Å². The van der Waals surface area contributed by atoms with E-state index >= 15 is 0 Å². The zero-order valence-electron chi connectivity index (χ0n) is 12.3. The van der Waals surface area contributed by atoms with Crippen molar-refractivity contribution in [1.82, 2.24) is 4.98 Å². The molecule has 4 heteroatoms. The van der Waals surface area contributed by atoms with Gasteiger partial charge < -0.3 is 4.74 Å². The maximum atomic E-state index is 9.31. The van der Waals surface area contributed by atoms with Crippen molar-refractivity contribution in [2.24, 2.45) is 0 Å². The number of rotatable bonds is 6. The highest BCUT2D eigenvalue weighted by atomic mass is 32.1. The average molecular weight is 298 g/mol. The number of aryl methyl sites for hydroxylation is 1. The number of hydrogen-bond acceptors (Lipinski definition) is 4. The maximum Gasteiger partial charge on any atom is 0.134 e. The van der Waals surface area contributed by atoms with E-state index in [0.29, 0.717) is 5.57 Å². The van der Waals surface area contributed by atoms with E-state index in [4.69, 9.17) is 4.74 Å². The first-order valence-corrected chi connectivity index (χ1v) is 7.88. The Labute approximate surface area is 129 Å². The number of unbranched alkanes of at least 4 members (excludes halogenated alkanes) is 1. The van der Waals surface area contributed by atoms with E-state index in [1.165, 1.54) is 11.3 Å². The van der Waals surface area contributed by atoms with Gasteiger partial charge in [0, 0.05) is 11.1 Å². The van der Waals surface area contributed by atoms with Crippen LogP contribution in [0.1, 0.15) is 36.0 Å². The molecule has 0 spiro atoms. The Morgan fingerprint density at radius 1 is 1.48 bits per heavy atom. The quantitative estimate of drug-likeness (QED) is 0.574. The van der Waals surface area contributed by atoms with Gasteiger partial charge >= 0.3 is 0 Å². The number of benzene rings is 1. The fraction of sp³-hybridized carbons (Fsp3) is 0.294. The van der Waals surface area contributed by atoms with Gasteiger partial charge in [-0.15, -0.1) is 11.3 Å². The zero-order chi connectivity index (χ0) is 15.1. The molecule has 1 heterocycles. The molecule has 2 aromatic rings. The summed E-state index contributed by atoms with van der Waals surface area (Å²) in [7, 11) is 0. The molecule has 21 heavy (non-hydrogen) atoms. The lowest BCUT2D eigenvalue weighted by Gasteiger charge is -2.05. The Kier molecular flexibility index (Phi) is 5.53. The van der Waals surface area contributed by atoms with Crippen molar-refractivity contribution >= 4 is 23.0 Å². The molecule has 0 fully saturated rings. The maximum absolute atomic E-state index is 9.31. The molecular weight excluding hydrogens is 280 g/mol. The van der Waals surface area contributed by atoms with Crippen LogP contribution < -0.4 is 4.74 Å². The Balaban J connectivity index is 2.19. The molecule has 0 amide bonds. The van der Waals surface area contributed by atoms with Crippen molar-refractivity contribution in [2.45, 2.75) is 26.7 Å². The van der Waals surface area contributed by atoms with Crippen molar-refractivity contribution in [1.29, 1.82) is 5.26 Å². The summed E-state index contributed by atoms with van der Waals surface area (Å²) in [6.07, 6.45) is 4.01. The molecule has 0 atom stereocenters. The minimum atomic E-state index is 0.582. The first kappa shape index (κ1) is 15.3. The predicted octanol–water partition coefficient (Wildman–Crippen LogP) is 4.69. The molecule has 2 rings (SSSR count). The lowest BCUT2D eigenvalue weighted by atomic mass is 10.1. The van der Waals surface area contributed by atoms with E-state index in [-0.39, 0.29) is 0 Å². The van der Waals surface area contributed by atoms with Crippen LogP contribution in [-0.4, -0.2) is 11.6 Å². The van der Waals surface area contributed by atoms with E-state index in [1.54, 1.807) is 0 Å². The molecule has 3 nitrogen and oxygen atoms in total. The van der Waals surface area contributed by atoms with Gasteiger partial charge in [0.15, 0.2) is 0 Å². The van der Waals surface area contributed by atoms with Crippen LogP contribution in [0.2, 0.25) is 0 Å². The summed E-state index contributed by atoms with van der Waals surface area (Å²) in [5.41, 5.74) is 2.47. The van der Waals surface area contributed by atoms with Crippen LogP contribution in [-0.2, 0) is 0 Å². The van der Waals surface area contributed by atoms with E-state index < -0.39 is 0 Å². The van der Waals surface area contributed by atoms with Crippen LogP contribution in [0, 0.1) is 18.3 Å². The molecule has 0 aliphatic carbocycles. The zero-order valence-corrected chi connectivity index (χ0v) is 13.1. The average Bonchev–Trinajstić information content (AvgIpc) is 2.92. The minimum absolute atomic E-state index is 0.582. The van der Waals surface area contributed by atoms with Gasteiger partial charge in [0.1, 0.15) is 16.8 Å². The van der Waals surface area contributed by atoms with E-state index in [1.807, 2.05) is 42.6 Å². The number of nitrogens with zero attached hydrogens (tertiary/aromatic N) is 2. The molecule has 1 aromatic heterocycles. The van der Waals surface area contributed by atoms with Crippen molar-refractivity contribution in [3.05, 3.63) is 45.9 Å². The van der Waals surface area contributed by atoms with Crippen molar-refractivity contribution in [3.8, 4) is 11.8 Å². The van der Waals surface area contributed by atoms with Gasteiger partial charge in [-0.3, -0.25) is 0 Å². The van der Waals surface area contributed by atoms with Crippen molar-refractivity contribution < 1.29 is 4.74 Å². The predicted molar refractivity (Wildman–Crippen MR) is 87.2 cm³/mol. The summed E-state index contributed by atoms with van der Waals surface area (Å²) < 4.78 is 5.69. The SMILES string of the molecule is CCCCOc1cccc(/C=C(/C#N)c2nc(C)cs2)c1. The van der Waals surface area contributed by atoms with Crippen molar-refractivity contribution in [2.75, 3.05) is 6.61 Å². The summed E-state index contributed by atoms with van der Waals surface area (Å²) in [5, 5.41) is 12.0. The normalized spacial score (nSPS) is 11.2. The molecule has 1 aromatic carbocycles. The second kappa shape index (κ2) is 7.61.